The van der Waals surface area contributed by atoms with Crippen molar-refractivity contribution in [2.24, 2.45) is 0 Å². The van der Waals surface area contributed by atoms with Crippen LogP contribution in [0.1, 0.15) is 16.5 Å². The van der Waals surface area contributed by atoms with Gasteiger partial charge in [0.05, 0.1) is 10.4 Å². The summed E-state index contributed by atoms with van der Waals surface area (Å²) >= 11 is 1.69. The van der Waals surface area contributed by atoms with E-state index in [9.17, 15) is 0 Å². The minimum Gasteiger partial charge on any atom is -0.304 e. The summed E-state index contributed by atoms with van der Waals surface area (Å²) in [5.41, 5.74) is 2.96. The van der Waals surface area contributed by atoms with E-state index in [1.54, 1.807) is 11.3 Å². The zero-order valence-corrected chi connectivity index (χ0v) is 13.0. The quantitative estimate of drug-likeness (QED) is 0.794. The molecule has 0 saturated carbocycles. The first-order valence-corrected chi connectivity index (χ1v) is 8.08. The molecule has 0 N–H and O–H groups in total. The minimum atomic E-state index is 0.159. The number of benzene rings is 1. The number of piperazine rings is 1. The third kappa shape index (κ3) is 3.70. The Hall–Kier alpha value is -1.67. The summed E-state index contributed by atoms with van der Waals surface area (Å²) in [7, 11) is 2.18. The molecule has 1 aliphatic heterocycles. The molecule has 0 spiro atoms. The van der Waals surface area contributed by atoms with Gasteiger partial charge in [0.2, 0.25) is 0 Å². The van der Waals surface area contributed by atoms with Crippen LogP contribution in [0, 0.1) is 11.8 Å². The van der Waals surface area contributed by atoms with E-state index in [0.717, 1.165) is 31.7 Å². The summed E-state index contributed by atoms with van der Waals surface area (Å²) < 4.78 is 0. The summed E-state index contributed by atoms with van der Waals surface area (Å²) in [6, 6.07) is 10.4. The van der Waals surface area contributed by atoms with Crippen molar-refractivity contribution >= 4 is 11.3 Å². The molecule has 1 aromatic heterocycles. The van der Waals surface area contributed by atoms with Gasteiger partial charge in [-0.15, -0.1) is 11.3 Å². The molecular weight excluding hydrogens is 278 g/mol. The zero-order valence-electron chi connectivity index (χ0n) is 12.2. The molecule has 0 aliphatic carbocycles. The van der Waals surface area contributed by atoms with E-state index in [0.29, 0.717) is 0 Å². The highest BCUT2D eigenvalue weighted by molar-refractivity contribution is 7.09. The number of hydrogen-bond donors (Lipinski definition) is 0. The van der Waals surface area contributed by atoms with Crippen LogP contribution in [0.2, 0.25) is 0 Å². The van der Waals surface area contributed by atoms with Crippen molar-refractivity contribution in [3.63, 3.8) is 0 Å². The van der Waals surface area contributed by atoms with Crippen molar-refractivity contribution < 1.29 is 0 Å². The van der Waals surface area contributed by atoms with Crippen molar-refractivity contribution in [2.75, 3.05) is 33.2 Å². The summed E-state index contributed by atoms with van der Waals surface area (Å²) in [5, 5.41) is 0. The first kappa shape index (κ1) is 14.3. The summed E-state index contributed by atoms with van der Waals surface area (Å²) in [6.07, 6.45) is 1.95. The normalized spacial score (nSPS) is 18.0. The number of thiazole rings is 1. The summed E-state index contributed by atoms with van der Waals surface area (Å²) in [5.74, 6) is 6.77. The van der Waals surface area contributed by atoms with E-state index in [1.165, 1.54) is 4.88 Å². The van der Waals surface area contributed by atoms with Gasteiger partial charge in [0.15, 0.2) is 0 Å². The number of hydrogen-bond acceptors (Lipinski definition) is 4. The Labute approximate surface area is 130 Å². The van der Waals surface area contributed by atoms with Gasteiger partial charge in [-0.1, -0.05) is 30.0 Å². The van der Waals surface area contributed by atoms with Gasteiger partial charge in [-0.25, -0.2) is 0 Å². The Kier molecular flexibility index (Phi) is 4.66. The molecule has 3 rings (SSSR count). The van der Waals surface area contributed by atoms with Gasteiger partial charge in [0, 0.05) is 37.9 Å². The topological polar surface area (TPSA) is 19.4 Å². The molecule has 4 heteroatoms. The molecule has 1 atom stereocenters. The molecule has 1 saturated heterocycles. The van der Waals surface area contributed by atoms with Crippen LogP contribution in [0.25, 0.3) is 0 Å². The van der Waals surface area contributed by atoms with Gasteiger partial charge < -0.3 is 4.90 Å². The van der Waals surface area contributed by atoms with E-state index < -0.39 is 0 Å². The van der Waals surface area contributed by atoms with Gasteiger partial charge in [-0.3, -0.25) is 9.88 Å². The molecule has 108 valence electrons. The molecule has 2 aromatic rings. The van der Waals surface area contributed by atoms with Gasteiger partial charge >= 0.3 is 0 Å². The zero-order chi connectivity index (χ0) is 14.5. The fourth-order valence-corrected chi connectivity index (χ4v) is 3.16. The number of aromatic nitrogens is 1. The van der Waals surface area contributed by atoms with Gasteiger partial charge in [-0.05, 0) is 19.2 Å². The maximum Gasteiger partial charge on any atom is 0.108 e. The van der Waals surface area contributed by atoms with Crippen LogP contribution >= 0.6 is 11.3 Å². The maximum atomic E-state index is 4.22. The molecule has 0 amide bonds. The molecule has 1 aromatic carbocycles. The molecule has 1 fully saturated rings. The van der Waals surface area contributed by atoms with Crippen molar-refractivity contribution in [3.8, 4) is 11.8 Å². The lowest BCUT2D eigenvalue weighted by Crippen LogP contribution is -2.45. The second-order valence-corrected chi connectivity index (χ2v) is 6.20. The number of nitrogens with zero attached hydrogens (tertiary/aromatic N) is 3. The van der Waals surface area contributed by atoms with Crippen molar-refractivity contribution in [2.45, 2.75) is 6.04 Å². The summed E-state index contributed by atoms with van der Waals surface area (Å²) in [6.45, 7) is 4.32. The lowest BCUT2D eigenvalue weighted by molar-refractivity contribution is 0.135. The number of likely N-dealkylation sites (N-methyl/N-ethyl adjacent to an activating group) is 1. The van der Waals surface area contributed by atoms with Crippen molar-refractivity contribution in [1.82, 2.24) is 14.8 Å². The Bertz CT molecular complexity index is 604. The average molecular weight is 297 g/mol. The second kappa shape index (κ2) is 6.86. The number of rotatable bonds is 2. The molecule has 1 unspecified atom stereocenters. The smallest absolute Gasteiger partial charge is 0.108 e. The lowest BCUT2D eigenvalue weighted by Gasteiger charge is -2.35. The van der Waals surface area contributed by atoms with Crippen LogP contribution in [-0.2, 0) is 0 Å². The Morgan fingerprint density at radius 1 is 1.14 bits per heavy atom. The van der Waals surface area contributed by atoms with Crippen LogP contribution < -0.4 is 0 Å². The fraction of sp³-hybridized carbons (Fsp3) is 0.353. The maximum absolute atomic E-state index is 4.22. The molecule has 2 heterocycles. The van der Waals surface area contributed by atoms with Gasteiger partial charge in [0.25, 0.3) is 0 Å². The molecular formula is C17H19N3S. The molecule has 3 nitrogen and oxygen atoms in total. The first-order valence-electron chi connectivity index (χ1n) is 7.20. The Morgan fingerprint density at radius 2 is 1.90 bits per heavy atom. The van der Waals surface area contributed by atoms with Crippen LogP contribution in [0.3, 0.4) is 0 Å². The SMILES string of the molecule is CN1CCN(C(C#Cc2ccccc2)c2cncs2)CC1. The van der Waals surface area contributed by atoms with Crippen molar-refractivity contribution in [1.29, 1.82) is 0 Å². The lowest BCUT2D eigenvalue weighted by atomic mass is 10.1. The van der Waals surface area contributed by atoms with E-state index >= 15 is 0 Å². The standard InChI is InChI=1S/C17H19N3S/c1-19-9-11-20(12-10-19)16(17-13-18-14-21-17)8-7-15-5-3-2-4-6-15/h2-6,13-14,16H,9-12H2,1H3. The molecule has 0 bridgehead atoms. The van der Waals surface area contributed by atoms with Crippen LogP contribution in [0.4, 0.5) is 0 Å². The molecule has 1 aliphatic rings. The predicted molar refractivity (Wildman–Crippen MR) is 87.2 cm³/mol. The van der Waals surface area contributed by atoms with E-state index in [2.05, 4.69) is 45.8 Å². The van der Waals surface area contributed by atoms with Crippen LogP contribution in [0.5, 0.6) is 0 Å². The second-order valence-electron chi connectivity index (χ2n) is 5.28. The third-order valence-corrected chi connectivity index (χ3v) is 4.58. The monoisotopic (exact) mass is 297 g/mol. The van der Waals surface area contributed by atoms with Crippen LogP contribution in [0.15, 0.2) is 42.0 Å². The van der Waals surface area contributed by atoms with Gasteiger partial charge in [0.1, 0.15) is 6.04 Å². The largest absolute Gasteiger partial charge is 0.304 e. The highest BCUT2D eigenvalue weighted by Gasteiger charge is 2.23. The third-order valence-electron chi connectivity index (χ3n) is 3.75. The Balaban J connectivity index is 1.82. The predicted octanol–water partition coefficient (Wildman–Crippen LogP) is 2.48. The van der Waals surface area contributed by atoms with E-state index in [-0.39, 0.29) is 6.04 Å². The molecule has 0 radical (unpaired) electrons. The fourth-order valence-electron chi connectivity index (χ4n) is 2.46. The van der Waals surface area contributed by atoms with Crippen LogP contribution in [-0.4, -0.2) is 48.0 Å². The highest BCUT2D eigenvalue weighted by Crippen LogP contribution is 2.24. The molecule has 21 heavy (non-hydrogen) atoms. The first-order chi connectivity index (χ1) is 10.3. The summed E-state index contributed by atoms with van der Waals surface area (Å²) in [4.78, 5) is 10.3. The minimum absolute atomic E-state index is 0.159. The van der Waals surface area contributed by atoms with Gasteiger partial charge in [-0.2, -0.15) is 0 Å². The Morgan fingerprint density at radius 3 is 2.57 bits per heavy atom. The van der Waals surface area contributed by atoms with E-state index in [1.807, 2.05) is 29.9 Å². The highest BCUT2D eigenvalue weighted by atomic mass is 32.1. The van der Waals surface area contributed by atoms with E-state index in [4.69, 9.17) is 0 Å². The average Bonchev–Trinajstić information content (AvgIpc) is 3.04. The van der Waals surface area contributed by atoms with Crippen molar-refractivity contribution in [3.05, 3.63) is 52.5 Å².